The molecule has 114 valence electrons. The molecule has 0 aliphatic heterocycles. The van der Waals surface area contributed by atoms with E-state index in [1.54, 1.807) is 19.1 Å². The van der Waals surface area contributed by atoms with Gasteiger partial charge in [-0.1, -0.05) is 12.1 Å². The fourth-order valence-electron chi connectivity index (χ4n) is 2.79. The number of carboxylic acid groups (broad SMARTS) is 1. The van der Waals surface area contributed by atoms with Crippen LogP contribution in [0.25, 0.3) is 22.4 Å². The lowest BCUT2D eigenvalue weighted by Crippen LogP contribution is -2.17. The average Bonchev–Trinajstić information content (AvgIpc) is 3.04. The zero-order chi connectivity index (χ0) is 16.1. The third kappa shape index (κ3) is 1.78. The second-order valence-electron chi connectivity index (χ2n) is 5.13. The van der Waals surface area contributed by atoms with Gasteiger partial charge >= 0.3 is 11.7 Å². The summed E-state index contributed by atoms with van der Waals surface area (Å²) in [4.78, 5) is 30.7. The maximum atomic E-state index is 12.4. The van der Waals surface area contributed by atoms with E-state index in [1.807, 2.05) is 12.1 Å². The lowest BCUT2D eigenvalue weighted by molar-refractivity contribution is 0.0696. The van der Waals surface area contributed by atoms with Gasteiger partial charge in [-0.25, -0.2) is 23.7 Å². The monoisotopic (exact) mass is 309 g/mol. The van der Waals surface area contributed by atoms with Gasteiger partial charge in [-0.05, 0) is 24.6 Å². The van der Waals surface area contributed by atoms with Crippen molar-refractivity contribution in [2.24, 2.45) is 0 Å². The molecular weight excluding hydrogens is 298 g/mol. The second kappa shape index (κ2) is 4.54. The number of nitrogens with one attached hydrogen (secondary N) is 1. The number of nitrogens with zero attached hydrogens (tertiary/aromatic N) is 4. The van der Waals surface area contributed by atoms with Crippen LogP contribution in [-0.2, 0) is 0 Å². The van der Waals surface area contributed by atoms with Crippen LogP contribution in [0.3, 0.4) is 0 Å². The first-order valence-electron chi connectivity index (χ1n) is 6.84. The van der Waals surface area contributed by atoms with E-state index in [9.17, 15) is 14.7 Å². The summed E-state index contributed by atoms with van der Waals surface area (Å²) in [6.45, 7) is 1.67. The second-order valence-corrected chi connectivity index (χ2v) is 5.13. The molecule has 0 saturated heterocycles. The Morgan fingerprint density at radius 2 is 2.09 bits per heavy atom. The van der Waals surface area contributed by atoms with Crippen molar-refractivity contribution in [3.05, 3.63) is 58.4 Å². The molecule has 23 heavy (non-hydrogen) atoms. The maximum absolute atomic E-state index is 12.4. The smallest absolute Gasteiger partial charge is 0.337 e. The van der Waals surface area contributed by atoms with Crippen molar-refractivity contribution >= 4 is 22.5 Å². The number of carbonyl (C=O) groups is 1. The molecule has 0 aliphatic rings. The number of para-hydroxylation sites is 2. The van der Waals surface area contributed by atoms with E-state index in [0.29, 0.717) is 27.9 Å². The Morgan fingerprint density at radius 3 is 2.87 bits per heavy atom. The van der Waals surface area contributed by atoms with E-state index in [1.165, 1.54) is 21.6 Å². The van der Waals surface area contributed by atoms with Gasteiger partial charge in [-0.2, -0.15) is 5.10 Å². The molecular formula is C15H11N5O3. The lowest BCUT2D eigenvalue weighted by Gasteiger charge is -2.05. The van der Waals surface area contributed by atoms with E-state index in [4.69, 9.17) is 0 Å². The number of benzene rings is 1. The fourth-order valence-corrected chi connectivity index (χ4v) is 2.79. The Kier molecular flexibility index (Phi) is 2.61. The minimum absolute atomic E-state index is 0.125. The summed E-state index contributed by atoms with van der Waals surface area (Å²) < 4.78 is 2.85. The van der Waals surface area contributed by atoms with Crippen LogP contribution in [0.2, 0.25) is 0 Å². The van der Waals surface area contributed by atoms with Crippen LogP contribution in [0.4, 0.5) is 0 Å². The Hall–Kier alpha value is -3.42. The minimum Gasteiger partial charge on any atom is -0.478 e. The largest absolute Gasteiger partial charge is 0.478 e. The lowest BCUT2D eigenvalue weighted by atomic mass is 10.2. The SMILES string of the molecule is Cc1c(C(=O)O)cn2ncnc(-n3c(=O)[nH]c4ccccc43)c12. The number of aromatic nitrogens is 5. The molecule has 0 aliphatic carbocycles. The molecule has 0 bridgehead atoms. The molecule has 1 aromatic carbocycles. The predicted octanol–water partition coefficient (Wildman–Crippen LogP) is 1.37. The van der Waals surface area contributed by atoms with Crippen LogP contribution in [0.5, 0.6) is 0 Å². The Morgan fingerprint density at radius 1 is 1.30 bits per heavy atom. The van der Waals surface area contributed by atoms with Crippen molar-refractivity contribution < 1.29 is 9.90 Å². The fraction of sp³-hybridized carbons (Fsp3) is 0.0667. The summed E-state index contributed by atoms with van der Waals surface area (Å²) in [7, 11) is 0. The number of H-pyrrole nitrogens is 1. The van der Waals surface area contributed by atoms with E-state index in [2.05, 4.69) is 15.1 Å². The van der Waals surface area contributed by atoms with E-state index in [0.717, 1.165) is 0 Å². The third-order valence-corrected chi connectivity index (χ3v) is 3.84. The highest BCUT2D eigenvalue weighted by atomic mass is 16.4. The van der Waals surface area contributed by atoms with Gasteiger partial charge in [0.2, 0.25) is 0 Å². The summed E-state index contributed by atoms with van der Waals surface area (Å²) in [6, 6.07) is 7.23. The van der Waals surface area contributed by atoms with Gasteiger partial charge < -0.3 is 10.1 Å². The molecule has 8 nitrogen and oxygen atoms in total. The van der Waals surface area contributed by atoms with Gasteiger partial charge in [0.1, 0.15) is 11.8 Å². The molecule has 0 radical (unpaired) electrons. The van der Waals surface area contributed by atoms with Gasteiger partial charge in [0.05, 0.1) is 16.6 Å². The molecule has 0 saturated carbocycles. The quantitative estimate of drug-likeness (QED) is 0.582. The highest BCUT2D eigenvalue weighted by Gasteiger charge is 2.20. The topological polar surface area (TPSA) is 105 Å². The van der Waals surface area contributed by atoms with Crippen molar-refractivity contribution in [3.63, 3.8) is 0 Å². The minimum atomic E-state index is -1.05. The molecule has 3 heterocycles. The summed E-state index contributed by atoms with van der Waals surface area (Å²) in [5, 5.41) is 13.3. The molecule has 3 aromatic heterocycles. The maximum Gasteiger partial charge on any atom is 0.337 e. The van der Waals surface area contributed by atoms with Gasteiger partial charge in [0.25, 0.3) is 0 Å². The molecule has 4 rings (SSSR count). The van der Waals surface area contributed by atoms with Crippen LogP contribution in [0, 0.1) is 6.92 Å². The Bertz CT molecular complexity index is 1140. The van der Waals surface area contributed by atoms with Crippen LogP contribution < -0.4 is 5.69 Å². The summed E-state index contributed by atoms with van der Waals surface area (Å²) in [5.41, 5.74) is 2.11. The van der Waals surface area contributed by atoms with Crippen LogP contribution in [0.15, 0.2) is 41.6 Å². The van der Waals surface area contributed by atoms with E-state index in [-0.39, 0.29) is 11.3 Å². The molecule has 4 aromatic rings. The number of aromatic amines is 1. The number of imidazole rings is 1. The molecule has 0 unspecified atom stereocenters. The zero-order valence-corrected chi connectivity index (χ0v) is 12.0. The Labute approximate surface area is 128 Å². The number of hydrogen-bond acceptors (Lipinski definition) is 4. The van der Waals surface area contributed by atoms with Crippen LogP contribution >= 0.6 is 0 Å². The summed E-state index contributed by atoms with van der Waals surface area (Å²) in [6.07, 6.45) is 2.71. The number of aryl methyl sites for hydroxylation is 1. The zero-order valence-electron chi connectivity index (χ0n) is 12.0. The Balaban J connectivity index is 2.15. The number of hydrogen-bond donors (Lipinski definition) is 2. The molecule has 0 spiro atoms. The third-order valence-electron chi connectivity index (χ3n) is 3.84. The van der Waals surface area contributed by atoms with Gasteiger partial charge in [-0.15, -0.1) is 0 Å². The first kappa shape index (κ1) is 13.3. The van der Waals surface area contributed by atoms with Gasteiger partial charge in [0, 0.05) is 6.20 Å². The summed E-state index contributed by atoms with van der Waals surface area (Å²) in [5.74, 6) is -0.710. The normalized spacial score (nSPS) is 11.3. The molecule has 0 amide bonds. The average molecular weight is 309 g/mol. The first-order valence-corrected chi connectivity index (χ1v) is 6.84. The van der Waals surface area contributed by atoms with Crippen molar-refractivity contribution in [2.45, 2.75) is 6.92 Å². The summed E-state index contributed by atoms with van der Waals surface area (Å²) >= 11 is 0. The number of fused-ring (bicyclic) bond motifs is 2. The van der Waals surface area contributed by atoms with Gasteiger partial charge in [0.15, 0.2) is 5.82 Å². The predicted molar refractivity (Wildman–Crippen MR) is 82.1 cm³/mol. The standard InChI is InChI=1S/C15H11N5O3/c1-8-9(14(21)22)6-19-12(8)13(16-7-17-19)20-11-5-3-2-4-10(11)18-15(20)23/h2-7H,1H3,(H,18,23)(H,21,22). The highest BCUT2D eigenvalue weighted by Crippen LogP contribution is 2.23. The number of carboxylic acids is 1. The highest BCUT2D eigenvalue weighted by molar-refractivity contribution is 5.93. The van der Waals surface area contributed by atoms with E-state index < -0.39 is 5.97 Å². The molecule has 2 N–H and O–H groups in total. The van der Waals surface area contributed by atoms with Crippen LogP contribution in [-0.4, -0.2) is 35.2 Å². The first-order chi connectivity index (χ1) is 11.1. The van der Waals surface area contributed by atoms with Crippen LogP contribution in [0.1, 0.15) is 15.9 Å². The molecule has 0 atom stereocenters. The van der Waals surface area contributed by atoms with Crippen molar-refractivity contribution in [1.82, 2.24) is 24.1 Å². The van der Waals surface area contributed by atoms with Crippen molar-refractivity contribution in [1.29, 1.82) is 0 Å². The van der Waals surface area contributed by atoms with Crippen molar-refractivity contribution in [2.75, 3.05) is 0 Å². The molecule has 8 heteroatoms. The molecule has 0 fully saturated rings. The van der Waals surface area contributed by atoms with Crippen molar-refractivity contribution in [3.8, 4) is 5.82 Å². The van der Waals surface area contributed by atoms with E-state index >= 15 is 0 Å². The number of rotatable bonds is 2. The number of aromatic carboxylic acids is 1. The van der Waals surface area contributed by atoms with Gasteiger partial charge in [-0.3, -0.25) is 0 Å².